The van der Waals surface area contributed by atoms with Gasteiger partial charge in [-0.1, -0.05) is 24.0 Å². The third-order valence-corrected chi connectivity index (χ3v) is 3.79. The molecular weight excluding hydrogens is 264 g/mol. The maximum atomic E-state index is 11.2. The molecule has 2 rings (SSSR count). The number of hydrogen-bond acceptors (Lipinski definition) is 3. The van der Waals surface area contributed by atoms with E-state index < -0.39 is 0 Å². The molecule has 1 heterocycles. The van der Waals surface area contributed by atoms with Gasteiger partial charge in [0.05, 0.1) is 6.61 Å². The van der Waals surface area contributed by atoms with Gasteiger partial charge in [-0.05, 0) is 43.6 Å². The molecule has 112 valence electrons. The van der Waals surface area contributed by atoms with Gasteiger partial charge in [0.15, 0.2) is 0 Å². The number of rotatable bonds is 4. The first-order chi connectivity index (χ1) is 10.2. The number of nitrogens with two attached hydrogens (primary N) is 1. The van der Waals surface area contributed by atoms with E-state index in [0.29, 0.717) is 6.42 Å². The Morgan fingerprint density at radius 2 is 2.14 bits per heavy atom. The number of hydrogen-bond donors (Lipinski definition) is 2. The van der Waals surface area contributed by atoms with Crippen LogP contribution in [0.4, 0.5) is 0 Å². The van der Waals surface area contributed by atoms with E-state index in [-0.39, 0.29) is 18.4 Å². The number of aliphatic hydroxyl groups is 1. The zero-order valence-electron chi connectivity index (χ0n) is 12.2. The van der Waals surface area contributed by atoms with Crippen LogP contribution in [0.15, 0.2) is 24.3 Å². The molecule has 21 heavy (non-hydrogen) atoms. The van der Waals surface area contributed by atoms with E-state index in [4.69, 9.17) is 10.8 Å². The number of likely N-dealkylation sites (tertiary alicyclic amines) is 1. The van der Waals surface area contributed by atoms with E-state index in [9.17, 15) is 4.79 Å². The molecule has 1 aromatic rings. The van der Waals surface area contributed by atoms with Crippen molar-refractivity contribution in [2.75, 3.05) is 19.7 Å². The van der Waals surface area contributed by atoms with Crippen molar-refractivity contribution in [3.63, 3.8) is 0 Å². The third kappa shape index (κ3) is 4.89. The van der Waals surface area contributed by atoms with Crippen molar-refractivity contribution in [1.29, 1.82) is 0 Å². The van der Waals surface area contributed by atoms with Crippen LogP contribution < -0.4 is 5.73 Å². The van der Waals surface area contributed by atoms with Gasteiger partial charge in [-0.15, -0.1) is 0 Å². The van der Waals surface area contributed by atoms with Gasteiger partial charge in [-0.25, -0.2) is 0 Å². The maximum absolute atomic E-state index is 11.2. The number of piperidine rings is 1. The first kappa shape index (κ1) is 15.6. The monoisotopic (exact) mass is 286 g/mol. The second-order valence-electron chi connectivity index (χ2n) is 5.43. The summed E-state index contributed by atoms with van der Waals surface area (Å²) in [5.74, 6) is 5.86. The summed E-state index contributed by atoms with van der Waals surface area (Å²) in [4.78, 5) is 13.5. The largest absolute Gasteiger partial charge is 0.395 e. The van der Waals surface area contributed by atoms with Crippen molar-refractivity contribution < 1.29 is 9.90 Å². The highest BCUT2D eigenvalue weighted by Crippen LogP contribution is 2.18. The van der Waals surface area contributed by atoms with Gasteiger partial charge in [0.1, 0.15) is 0 Å². The number of primary amides is 1. The highest BCUT2D eigenvalue weighted by molar-refractivity contribution is 5.76. The average molecular weight is 286 g/mol. The lowest BCUT2D eigenvalue weighted by atomic mass is 9.96. The second kappa shape index (κ2) is 7.82. The lowest BCUT2D eigenvalue weighted by molar-refractivity contribution is -0.123. The summed E-state index contributed by atoms with van der Waals surface area (Å²) in [5.41, 5.74) is 7.56. The van der Waals surface area contributed by atoms with E-state index >= 15 is 0 Å². The lowest BCUT2D eigenvalue weighted by Gasteiger charge is -2.30. The van der Waals surface area contributed by atoms with Crippen LogP contribution in [0.3, 0.4) is 0 Å². The van der Waals surface area contributed by atoms with Crippen LogP contribution in [0, 0.1) is 17.8 Å². The number of amides is 1. The number of carbonyl (C=O) groups excluding carboxylic acids is 1. The zero-order valence-corrected chi connectivity index (χ0v) is 12.2. The van der Waals surface area contributed by atoms with E-state index in [1.165, 1.54) is 5.56 Å². The maximum Gasteiger partial charge on any atom is 0.220 e. The Bertz CT molecular complexity index is 537. The summed E-state index contributed by atoms with van der Waals surface area (Å²) in [6, 6.07) is 8.17. The first-order valence-corrected chi connectivity index (χ1v) is 7.39. The summed E-state index contributed by atoms with van der Waals surface area (Å²) >= 11 is 0. The molecule has 0 spiro atoms. The van der Waals surface area contributed by atoms with E-state index in [1.807, 2.05) is 12.1 Å². The van der Waals surface area contributed by atoms with Crippen LogP contribution in [0.2, 0.25) is 0 Å². The molecule has 1 aliphatic heterocycles. The van der Waals surface area contributed by atoms with Crippen molar-refractivity contribution in [3.8, 4) is 11.8 Å². The third-order valence-electron chi connectivity index (χ3n) is 3.79. The van der Waals surface area contributed by atoms with Crippen LogP contribution in [0.5, 0.6) is 0 Å². The van der Waals surface area contributed by atoms with Gasteiger partial charge in [0.25, 0.3) is 0 Å². The van der Waals surface area contributed by atoms with Crippen LogP contribution in [0.1, 0.15) is 30.4 Å². The van der Waals surface area contributed by atoms with Crippen LogP contribution >= 0.6 is 0 Å². The Balaban J connectivity index is 1.91. The fourth-order valence-corrected chi connectivity index (χ4v) is 2.60. The molecule has 4 heteroatoms. The topological polar surface area (TPSA) is 66.6 Å². The lowest BCUT2D eigenvalue weighted by Crippen LogP contribution is -2.38. The molecule has 1 fully saturated rings. The Labute approximate surface area is 125 Å². The van der Waals surface area contributed by atoms with Crippen molar-refractivity contribution in [2.24, 2.45) is 11.7 Å². The highest BCUT2D eigenvalue weighted by Gasteiger charge is 2.22. The van der Waals surface area contributed by atoms with Crippen molar-refractivity contribution >= 4 is 5.91 Å². The van der Waals surface area contributed by atoms with Crippen molar-refractivity contribution in [2.45, 2.75) is 25.8 Å². The molecule has 0 atom stereocenters. The molecule has 0 radical (unpaired) electrons. The molecule has 0 bridgehead atoms. The second-order valence-corrected chi connectivity index (χ2v) is 5.43. The smallest absolute Gasteiger partial charge is 0.220 e. The molecular formula is C17H22N2O2. The van der Waals surface area contributed by atoms with E-state index in [1.54, 1.807) is 0 Å². The molecule has 0 unspecified atom stereocenters. The molecule has 1 saturated heterocycles. The number of carbonyl (C=O) groups is 1. The van der Waals surface area contributed by atoms with Gasteiger partial charge < -0.3 is 10.8 Å². The standard InChI is InChI=1S/C17H22N2O2/c18-17(21)16-7-9-19(10-8-16)13-15-6-3-5-14(12-15)4-1-2-11-20/h3,5-6,12,16,20H,2,7-11,13H2,(H2,18,21). The number of benzene rings is 1. The molecule has 1 aliphatic rings. The molecule has 0 aliphatic carbocycles. The summed E-state index contributed by atoms with van der Waals surface area (Å²) in [5, 5.41) is 8.73. The minimum absolute atomic E-state index is 0.0388. The Hall–Kier alpha value is -1.83. The minimum Gasteiger partial charge on any atom is -0.395 e. The van der Waals surface area contributed by atoms with Gasteiger partial charge in [-0.2, -0.15) is 0 Å². The summed E-state index contributed by atoms with van der Waals surface area (Å²) < 4.78 is 0. The molecule has 1 aromatic carbocycles. The van der Waals surface area contributed by atoms with Crippen LogP contribution in [-0.2, 0) is 11.3 Å². The van der Waals surface area contributed by atoms with E-state index in [0.717, 1.165) is 38.0 Å². The van der Waals surface area contributed by atoms with Gasteiger partial charge in [0, 0.05) is 24.4 Å². The van der Waals surface area contributed by atoms with Crippen molar-refractivity contribution in [1.82, 2.24) is 4.90 Å². The van der Waals surface area contributed by atoms with Gasteiger partial charge in [0.2, 0.25) is 5.91 Å². The normalized spacial score (nSPS) is 16.2. The van der Waals surface area contributed by atoms with Crippen LogP contribution in [-0.4, -0.2) is 35.6 Å². The minimum atomic E-state index is -0.171. The summed E-state index contributed by atoms with van der Waals surface area (Å²) in [6.45, 7) is 2.80. The molecule has 4 nitrogen and oxygen atoms in total. The first-order valence-electron chi connectivity index (χ1n) is 7.39. The number of aliphatic hydroxyl groups excluding tert-OH is 1. The van der Waals surface area contributed by atoms with Crippen molar-refractivity contribution in [3.05, 3.63) is 35.4 Å². The molecule has 0 saturated carbocycles. The highest BCUT2D eigenvalue weighted by atomic mass is 16.2. The Morgan fingerprint density at radius 1 is 1.38 bits per heavy atom. The van der Waals surface area contributed by atoms with E-state index in [2.05, 4.69) is 28.9 Å². The fourth-order valence-electron chi connectivity index (χ4n) is 2.60. The van der Waals surface area contributed by atoms with Gasteiger partial charge >= 0.3 is 0 Å². The Morgan fingerprint density at radius 3 is 2.81 bits per heavy atom. The van der Waals surface area contributed by atoms with Crippen LogP contribution in [0.25, 0.3) is 0 Å². The summed E-state index contributed by atoms with van der Waals surface area (Å²) in [6.07, 6.45) is 2.21. The molecule has 1 amide bonds. The SMILES string of the molecule is NC(=O)C1CCN(Cc2cccc(C#CCCO)c2)CC1. The average Bonchev–Trinajstić information content (AvgIpc) is 2.48. The molecule has 3 N–H and O–H groups in total. The summed E-state index contributed by atoms with van der Waals surface area (Å²) in [7, 11) is 0. The Kier molecular flexibility index (Phi) is 5.79. The predicted octanol–water partition coefficient (Wildman–Crippen LogP) is 1.12. The predicted molar refractivity (Wildman–Crippen MR) is 82.2 cm³/mol. The fraction of sp³-hybridized carbons (Fsp3) is 0.471. The molecule has 0 aromatic heterocycles. The number of nitrogens with zero attached hydrogens (tertiary/aromatic N) is 1. The zero-order chi connectivity index (χ0) is 15.1. The quantitative estimate of drug-likeness (QED) is 0.815. The van der Waals surface area contributed by atoms with Gasteiger partial charge in [-0.3, -0.25) is 9.69 Å².